The van der Waals surface area contributed by atoms with Crippen LogP contribution in [-0.4, -0.2) is 37.6 Å². The van der Waals surface area contributed by atoms with Crippen molar-refractivity contribution < 1.29 is 23.1 Å². The Morgan fingerprint density at radius 3 is 2.29 bits per heavy atom. The van der Waals surface area contributed by atoms with E-state index < -0.39 is 29.1 Å². The number of ether oxygens (including phenoxy) is 1. The van der Waals surface area contributed by atoms with Crippen molar-refractivity contribution in [3.05, 3.63) is 35.4 Å². The van der Waals surface area contributed by atoms with Gasteiger partial charge in [-0.3, -0.25) is 9.59 Å². The minimum Gasteiger partial charge on any atom is -0.380 e. The van der Waals surface area contributed by atoms with E-state index in [1.54, 1.807) is 13.8 Å². The van der Waals surface area contributed by atoms with Crippen LogP contribution >= 0.6 is 0 Å². The summed E-state index contributed by atoms with van der Waals surface area (Å²) in [5.74, 6) is -3.50. The highest BCUT2D eigenvalue weighted by Crippen LogP contribution is 2.25. The van der Waals surface area contributed by atoms with Gasteiger partial charge < -0.3 is 15.4 Å². The maximum atomic E-state index is 13.7. The first-order valence-corrected chi connectivity index (χ1v) is 7.84. The Kier molecular flexibility index (Phi) is 5.54. The molecule has 2 N–H and O–H groups in total. The monoisotopic (exact) mass is 340 g/mol. The molecule has 2 amide bonds. The number of halogens is 2. The van der Waals surface area contributed by atoms with Gasteiger partial charge in [-0.1, -0.05) is 26.8 Å². The molecule has 1 aromatic carbocycles. The molecule has 0 bridgehead atoms. The summed E-state index contributed by atoms with van der Waals surface area (Å²) in [4.78, 5) is 24.5. The van der Waals surface area contributed by atoms with Gasteiger partial charge in [0.2, 0.25) is 5.91 Å². The molecule has 0 spiro atoms. The van der Waals surface area contributed by atoms with Gasteiger partial charge in [0.15, 0.2) is 0 Å². The quantitative estimate of drug-likeness (QED) is 0.831. The highest BCUT2D eigenvalue weighted by molar-refractivity contribution is 5.98. The molecule has 2 rings (SSSR count). The second-order valence-electron chi connectivity index (χ2n) is 6.81. The molecule has 7 heteroatoms. The number of hydrogen-bond donors (Lipinski definition) is 2. The molecule has 0 saturated carbocycles. The minimum absolute atomic E-state index is 0.112. The molecular formula is C17H22F2N2O3. The Morgan fingerprint density at radius 1 is 1.25 bits per heavy atom. The van der Waals surface area contributed by atoms with Gasteiger partial charge in [0.25, 0.3) is 5.91 Å². The van der Waals surface area contributed by atoms with E-state index in [9.17, 15) is 18.4 Å². The molecular weight excluding hydrogens is 318 g/mol. The van der Waals surface area contributed by atoms with E-state index in [0.29, 0.717) is 19.8 Å². The molecule has 0 aliphatic carbocycles. The van der Waals surface area contributed by atoms with Crippen LogP contribution in [0.25, 0.3) is 0 Å². The van der Waals surface area contributed by atoms with Crippen LogP contribution in [0, 0.1) is 23.0 Å². The third kappa shape index (κ3) is 4.08. The average Bonchev–Trinajstić information content (AvgIpc) is 2.48. The largest absolute Gasteiger partial charge is 0.380 e. The summed E-state index contributed by atoms with van der Waals surface area (Å²) in [7, 11) is 0. The zero-order valence-electron chi connectivity index (χ0n) is 14.0. The lowest BCUT2D eigenvalue weighted by atomic mass is 9.88. The highest BCUT2D eigenvalue weighted by Gasteiger charge is 2.35. The van der Waals surface area contributed by atoms with Gasteiger partial charge in [0, 0.05) is 12.0 Å². The molecule has 1 aliphatic rings. The fourth-order valence-electron chi connectivity index (χ4n) is 2.43. The van der Waals surface area contributed by atoms with Crippen LogP contribution in [-0.2, 0) is 9.53 Å². The predicted molar refractivity (Wildman–Crippen MR) is 84.4 cm³/mol. The summed E-state index contributed by atoms with van der Waals surface area (Å²) in [5, 5.41) is 5.20. The number of nitrogens with one attached hydrogen (secondary N) is 2. The van der Waals surface area contributed by atoms with Crippen molar-refractivity contribution in [2.24, 2.45) is 11.3 Å². The molecule has 1 aliphatic heterocycles. The Balaban J connectivity index is 2.04. The van der Waals surface area contributed by atoms with E-state index >= 15 is 0 Å². The number of hydrogen-bond acceptors (Lipinski definition) is 3. The minimum atomic E-state index is -0.963. The van der Waals surface area contributed by atoms with Crippen molar-refractivity contribution in [2.75, 3.05) is 19.8 Å². The first-order valence-electron chi connectivity index (χ1n) is 7.84. The summed E-state index contributed by atoms with van der Waals surface area (Å²) in [6, 6.07) is 2.29. The lowest BCUT2D eigenvalue weighted by Gasteiger charge is -2.38. The van der Waals surface area contributed by atoms with E-state index in [4.69, 9.17) is 4.74 Å². The van der Waals surface area contributed by atoms with Gasteiger partial charge in [-0.2, -0.15) is 0 Å². The highest BCUT2D eigenvalue weighted by atomic mass is 19.1. The van der Waals surface area contributed by atoms with E-state index in [-0.39, 0.29) is 17.2 Å². The van der Waals surface area contributed by atoms with E-state index in [1.165, 1.54) is 6.07 Å². The lowest BCUT2D eigenvalue weighted by Crippen LogP contribution is -2.54. The molecule has 1 unspecified atom stereocenters. The second-order valence-corrected chi connectivity index (χ2v) is 6.81. The number of amides is 2. The third-order valence-corrected chi connectivity index (χ3v) is 4.02. The summed E-state index contributed by atoms with van der Waals surface area (Å²) >= 11 is 0. The van der Waals surface area contributed by atoms with Crippen molar-refractivity contribution in [2.45, 2.75) is 26.8 Å². The zero-order chi connectivity index (χ0) is 17.9. The second kappa shape index (κ2) is 7.25. The van der Waals surface area contributed by atoms with Crippen LogP contribution in [0.15, 0.2) is 18.2 Å². The zero-order valence-corrected chi connectivity index (χ0v) is 14.0. The fourth-order valence-corrected chi connectivity index (χ4v) is 2.43. The maximum Gasteiger partial charge on any atom is 0.257 e. The summed E-state index contributed by atoms with van der Waals surface area (Å²) in [6.07, 6.45) is 0. The average molecular weight is 340 g/mol. The van der Waals surface area contributed by atoms with E-state index in [1.807, 2.05) is 6.92 Å². The van der Waals surface area contributed by atoms with Gasteiger partial charge in [0.1, 0.15) is 23.2 Å². The standard InChI is InChI=1S/C17H22F2N2O3/c1-10(2)14(16(23)20-7-17(3)8-24-9-17)21-15(22)13-11(18)5-4-6-12(13)19/h4-6,10,14H,7-9H2,1-3H3,(H,20,23)(H,21,22). The molecule has 1 atom stereocenters. The Labute approximate surface area is 139 Å². The number of benzene rings is 1. The van der Waals surface area contributed by atoms with Gasteiger partial charge in [-0.15, -0.1) is 0 Å². The van der Waals surface area contributed by atoms with Crippen molar-refractivity contribution >= 4 is 11.8 Å². The molecule has 1 heterocycles. The molecule has 1 aromatic rings. The fraction of sp³-hybridized carbons (Fsp3) is 0.529. The summed E-state index contributed by atoms with van der Waals surface area (Å²) in [6.45, 7) is 7.01. The van der Waals surface area contributed by atoms with Gasteiger partial charge in [0.05, 0.1) is 13.2 Å². The first kappa shape index (κ1) is 18.3. The van der Waals surface area contributed by atoms with Crippen molar-refractivity contribution in [1.29, 1.82) is 0 Å². The summed E-state index contributed by atoms with van der Waals surface area (Å²) < 4.78 is 32.5. The van der Waals surface area contributed by atoms with Crippen LogP contribution in [0.4, 0.5) is 8.78 Å². The van der Waals surface area contributed by atoms with Crippen LogP contribution in [0.5, 0.6) is 0 Å². The normalized spacial score (nSPS) is 17.1. The molecule has 0 aromatic heterocycles. The van der Waals surface area contributed by atoms with Crippen LogP contribution in [0.1, 0.15) is 31.1 Å². The SMILES string of the molecule is CC(C)C(NC(=O)c1c(F)cccc1F)C(=O)NCC1(C)COC1. The molecule has 1 saturated heterocycles. The molecule has 132 valence electrons. The first-order chi connectivity index (χ1) is 11.2. The molecule has 5 nitrogen and oxygen atoms in total. The molecule has 24 heavy (non-hydrogen) atoms. The smallest absolute Gasteiger partial charge is 0.257 e. The van der Waals surface area contributed by atoms with Crippen molar-refractivity contribution in [3.63, 3.8) is 0 Å². The van der Waals surface area contributed by atoms with Crippen molar-refractivity contribution in [1.82, 2.24) is 10.6 Å². The molecule has 1 fully saturated rings. The Bertz CT molecular complexity index is 610. The predicted octanol–water partition coefficient (Wildman–Crippen LogP) is 1.87. The topological polar surface area (TPSA) is 67.4 Å². The maximum absolute atomic E-state index is 13.7. The van der Waals surface area contributed by atoms with Crippen LogP contribution < -0.4 is 10.6 Å². The summed E-state index contributed by atoms with van der Waals surface area (Å²) in [5.41, 5.74) is -0.797. The number of rotatable bonds is 6. The Morgan fingerprint density at radius 2 is 1.83 bits per heavy atom. The van der Waals surface area contributed by atoms with Crippen LogP contribution in [0.2, 0.25) is 0 Å². The van der Waals surface area contributed by atoms with Gasteiger partial charge in [-0.05, 0) is 18.1 Å². The van der Waals surface area contributed by atoms with E-state index in [2.05, 4.69) is 10.6 Å². The lowest BCUT2D eigenvalue weighted by molar-refractivity contribution is -0.129. The third-order valence-electron chi connectivity index (χ3n) is 4.02. The van der Waals surface area contributed by atoms with Crippen LogP contribution in [0.3, 0.4) is 0 Å². The molecule has 0 radical (unpaired) electrons. The number of carbonyl (C=O) groups excluding carboxylic acids is 2. The van der Waals surface area contributed by atoms with Gasteiger partial charge >= 0.3 is 0 Å². The Hall–Kier alpha value is -2.02. The van der Waals surface area contributed by atoms with Gasteiger partial charge in [-0.25, -0.2) is 8.78 Å². The van der Waals surface area contributed by atoms with Crippen molar-refractivity contribution in [3.8, 4) is 0 Å². The van der Waals surface area contributed by atoms with E-state index in [0.717, 1.165) is 12.1 Å². The number of carbonyl (C=O) groups is 2.